The van der Waals surface area contributed by atoms with E-state index in [1.54, 1.807) is 0 Å². The van der Waals surface area contributed by atoms with Gasteiger partial charge in [-0.05, 0) is 18.6 Å². The third kappa shape index (κ3) is 3.04. The van der Waals surface area contributed by atoms with Crippen LogP contribution >= 0.6 is 0 Å². The minimum Gasteiger partial charge on any atom is -0.365 e. The fourth-order valence-electron chi connectivity index (χ4n) is 3.24. The second-order valence-electron chi connectivity index (χ2n) is 6.70. The molecule has 0 bridgehead atoms. The molecule has 134 valence electrons. The molecule has 0 aliphatic carbocycles. The summed E-state index contributed by atoms with van der Waals surface area (Å²) in [6, 6.07) is 20.1. The second-order valence-corrected chi connectivity index (χ2v) is 6.70. The number of aromatic nitrogens is 4. The van der Waals surface area contributed by atoms with Gasteiger partial charge in [-0.25, -0.2) is 0 Å². The monoisotopic (exact) mass is 358 g/mol. The first kappa shape index (κ1) is 16.0. The third-order valence-electron chi connectivity index (χ3n) is 4.76. The van der Waals surface area contributed by atoms with Gasteiger partial charge in [-0.15, -0.1) is 0 Å². The third-order valence-corrected chi connectivity index (χ3v) is 4.76. The molecule has 6 nitrogen and oxygen atoms in total. The van der Waals surface area contributed by atoms with Crippen molar-refractivity contribution >= 4 is 0 Å². The molecule has 1 aliphatic rings. The van der Waals surface area contributed by atoms with Crippen molar-refractivity contribution in [1.82, 2.24) is 19.9 Å². The van der Waals surface area contributed by atoms with E-state index in [4.69, 9.17) is 9.26 Å². The predicted octanol–water partition coefficient (Wildman–Crippen LogP) is 4.18. The molecule has 27 heavy (non-hydrogen) atoms. The van der Waals surface area contributed by atoms with Crippen molar-refractivity contribution in [2.24, 2.45) is 0 Å². The van der Waals surface area contributed by atoms with Crippen molar-refractivity contribution in [3.8, 4) is 23.0 Å². The molecule has 1 unspecified atom stereocenters. The molecule has 2 aromatic heterocycles. The topological polar surface area (TPSA) is 66.0 Å². The average molecular weight is 358 g/mol. The van der Waals surface area contributed by atoms with E-state index >= 15 is 0 Å². The summed E-state index contributed by atoms with van der Waals surface area (Å²) in [6.45, 7) is 3.25. The number of ether oxygens (including phenoxy) is 1. The van der Waals surface area contributed by atoms with Gasteiger partial charge in [0.15, 0.2) is 5.69 Å². The highest BCUT2D eigenvalue weighted by Crippen LogP contribution is 2.29. The van der Waals surface area contributed by atoms with Crippen LogP contribution in [0.5, 0.6) is 0 Å². The van der Waals surface area contributed by atoms with Gasteiger partial charge in [0.25, 0.3) is 5.89 Å². The zero-order valence-corrected chi connectivity index (χ0v) is 14.9. The normalized spacial score (nSPS) is 16.3. The Morgan fingerprint density at radius 3 is 2.67 bits per heavy atom. The van der Waals surface area contributed by atoms with Gasteiger partial charge in [0.05, 0.1) is 18.8 Å². The summed E-state index contributed by atoms with van der Waals surface area (Å²) in [5.41, 5.74) is 4.99. The van der Waals surface area contributed by atoms with E-state index in [-0.39, 0.29) is 6.10 Å². The summed E-state index contributed by atoms with van der Waals surface area (Å²) in [4.78, 5) is 4.49. The smallest absolute Gasteiger partial charge is 0.278 e. The highest BCUT2D eigenvalue weighted by molar-refractivity contribution is 5.57. The SMILES string of the molecule is Cc1ccc(C2Cn3nc(-c4nc(-c5ccccc5)no4)cc3CO2)cc1. The van der Waals surface area contributed by atoms with Gasteiger partial charge in [0.1, 0.15) is 6.10 Å². The Labute approximate surface area is 156 Å². The predicted molar refractivity (Wildman–Crippen MR) is 99.7 cm³/mol. The number of fused-ring (bicyclic) bond motifs is 1. The molecule has 0 radical (unpaired) electrons. The number of hydrogen-bond acceptors (Lipinski definition) is 5. The lowest BCUT2D eigenvalue weighted by atomic mass is 10.1. The lowest BCUT2D eigenvalue weighted by molar-refractivity contribution is -0.00113. The molecule has 0 saturated carbocycles. The van der Waals surface area contributed by atoms with E-state index in [1.165, 1.54) is 5.56 Å². The fourth-order valence-corrected chi connectivity index (χ4v) is 3.24. The minimum atomic E-state index is -0.00610. The van der Waals surface area contributed by atoms with E-state index in [0.29, 0.717) is 30.6 Å². The van der Waals surface area contributed by atoms with Crippen LogP contribution in [0, 0.1) is 6.92 Å². The molecule has 4 aromatic rings. The number of benzene rings is 2. The zero-order chi connectivity index (χ0) is 18.2. The van der Waals surface area contributed by atoms with Crippen LogP contribution in [0.15, 0.2) is 65.2 Å². The Morgan fingerprint density at radius 2 is 1.85 bits per heavy atom. The van der Waals surface area contributed by atoms with Gasteiger partial charge in [-0.2, -0.15) is 10.1 Å². The number of hydrogen-bond donors (Lipinski definition) is 0. The minimum absolute atomic E-state index is 0.00610. The standard InChI is InChI=1S/C21H18N4O2/c1-14-7-9-15(10-8-14)19-12-25-17(13-26-19)11-18(23-25)21-22-20(24-27-21)16-5-3-2-4-6-16/h2-11,19H,12-13H2,1H3. The second kappa shape index (κ2) is 6.48. The molecule has 0 N–H and O–H groups in total. The highest BCUT2D eigenvalue weighted by atomic mass is 16.5. The van der Waals surface area contributed by atoms with Crippen LogP contribution in [0.4, 0.5) is 0 Å². The maximum atomic E-state index is 6.03. The molecular formula is C21H18N4O2. The summed E-state index contributed by atoms with van der Waals surface area (Å²) in [5.74, 6) is 0.980. The molecular weight excluding hydrogens is 340 g/mol. The summed E-state index contributed by atoms with van der Waals surface area (Å²) in [6.07, 6.45) is -0.00610. The Bertz CT molecular complexity index is 1070. The molecule has 0 fully saturated rings. The van der Waals surface area contributed by atoms with Crippen molar-refractivity contribution < 1.29 is 9.26 Å². The average Bonchev–Trinajstić information content (AvgIpc) is 3.36. The maximum Gasteiger partial charge on any atom is 0.278 e. The molecule has 0 spiro atoms. The number of rotatable bonds is 3. The number of aryl methyl sites for hydroxylation is 1. The van der Waals surface area contributed by atoms with E-state index in [9.17, 15) is 0 Å². The lowest BCUT2D eigenvalue weighted by Crippen LogP contribution is -2.21. The van der Waals surface area contributed by atoms with Crippen molar-refractivity contribution in [2.45, 2.75) is 26.2 Å². The van der Waals surface area contributed by atoms with Crippen molar-refractivity contribution in [1.29, 1.82) is 0 Å². The van der Waals surface area contributed by atoms with Crippen LogP contribution in [0.1, 0.15) is 22.9 Å². The Kier molecular flexibility index (Phi) is 3.83. The maximum absolute atomic E-state index is 6.03. The van der Waals surface area contributed by atoms with E-state index in [0.717, 1.165) is 16.8 Å². The Hall–Kier alpha value is -3.25. The molecule has 1 atom stereocenters. The zero-order valence-electron chi connectivity index (χ0n) is 14.9. The molecule has 0 amide bonds. The number of nitrogens with zero attached hydrogens (tertiary/aromatic N) is 4. The first-order valence-electron chi connectivity index (χ1n) is 8.91. The Morgan fingerprint density at radius 1 is 1.04 bits per heavy atom. The highest BCUT2D eigenvalue weighted by Gasteiger charge is 2.24. The van der Waals surface area contributed by atoms with Gasteiger partial charge >= 0.3 is 0 Å². The van der Waals surface area contributed by atoms with Crippen LogP contribution in [-0.2, 0) is 17.9 Å². The van der Waals surface area contributed by atoms with Gasteiger partial charge in [-0.3, -0.25) is 4.68 Å². The summed E-state index contributed by atoms with van der Waals surface area (Å²) < 4.78 is 13.4. The molecule has 1 aliphatic heterocycles. The van der Waals surface area contributed by atoms with E-state index in [1.807, 2.05) is 41.1 Å². The molecule has 6 heteroatoms. The van der Waals surface area contributed by atoms with E-state index < -0.39 is 0 Å². The summed E-state index contributed by atoms with van der Waals surface area (Å²) in [5, 5.41) is 8.73. The quantitative estimate of drug-likeness (QED) is 0.550. The Balaban J connectivity index is 1.40. The van der Waals surface area contributed by atoms with Gasteiger partial charge < -0.3 is 9.26 Å². The van der Waals surface area contributed by atoms with Gasteiger partial charge in [0, 0.05) is 5.56 Å². The van der Waals surface area contributed by atoms with Crippen LogP contribution in [-0.4, -0.2) is 19.9 Å². The molecule has 2 aromatic carbocycles. The van der Waals surface area contributed by atoms with Crippen molar-refractivity contribution in [3.63, 3.8) is 0 Å². The van der Waals surface area contributed by atoms with E-state index in [2.05, 4.69) is 46.4 Å². The summed E-state index contributed by atoms with van der Waals surface area (Å²) in [7, 11) is 0. The fraction of sp³-hybridized carbons (Fsp3) is 0.190. The van der Waals surface area contributed by atoms with Crippen LogP contribution in [0.2, 0.25) is 0 Å². The molecule has 3 heterocycles. The van der Waals surface area contributed by atoms with Crippen molar-refractivity contribution in [2.75, 3.05) is 0 Å². The van der Waals surface area contributed by atoms with Crippen LogP contribution < -0.4 is 0 Å². The summed E-state index contributed by atoms with van der Waals surface area (Å²) >= 11 is 0. The largest absolute Gasteiger partial charge is 0.365 e. The molecule has 0 saturated heterocycles. The van der Waals surface area contributed by atoms with Gasteiger partial charge in [0.2, 0.25) is 5.82 Å². The van der Waals surface area contributed by atoms with Crippen LogP contribution in [0.25, 0.3) is 23.0 Å². The first-order valence-corrected chi connectivity index (χ1v) is 8.91. The van der Waals surface area contributed by atoms with Gasteiger partial charge in [-0.1, -0.05) is 65.3 Å². The molecule has 5 rings (SSSR count). The first-order chi connectivity index (χ1) is 13.3. The van der Waals surface area contributed by atoms with Crippen LogP contribution in [0.3, 0.4) is 0 Å². The van der Waals surface area contributed by atoms with Crippen molar-refractivity contribution in [3.05, 3.63) is 77.5 Å². The lowest BCUT2D eigenvalue weighted by Gasteiger charge is -2.24.